The van der Waals surface area contributed by atoms with Crippen LogP contribution in [-0.4, -0.2) is 12.6 Å². The van der Waals surface area contributed by atoms with Crippen molar-refractivity contribution in [3.63, 3.8) is 0 Å². The molecule has 3 aromatic rings. The second kappa shape index (κ2) is 9.75. The van der Waals surface area contributed by atoms with E-state index in [1.807, 2.05) is 66.7 Å². The van der Waals surface area contributed by atoms with Gasteiger partial charge in [0.05, 0.1) is 12.2 Å². The topological polar surface area (TPSA) is 35.5 Å². The summed E-state index contributed by atoms with van der Waals surface area (Å²) in [5, 5.41) is 0. The van der Waals surface area contributed by atoms with Crippen LogP contribution in [0.2, 0.25) is 0 Å². The van der Waals surface area contributed by atoms with E-state index in [2.05, 4.69) is 13.8 Å². The average molecular weight is 374 g/mol. The lowest BCUT2D eigenvalue weighted by atomic mass is 10.0. The Kier molecular flexibility index (Phi) is 6.85. The smallest absolute Gasteiger partial charge is 0.338 e. The van der Waals surface area contributed by atoms with Gasteiger partial charge in [-0.1, -0.05) is 74.9 Å². The van der Waals surface area contributed by atoms with Crippen LogP contribution >= 0.6 is 0 Å². The molecule has 0 aliphatic heterocycles. The van der Waals surface area contributed by atoms with E-state index in [0.29, 0.717) is 11.5 Å². The summed E-state index contributed by atoms with van der Waals surface area (Å²) in [6, 6.07) is 25.2. The molecule has 0 radical (unpaired) electrons. The highest BCUT2D eigenvalue weighted by Gasteiger charge is 2.08. The monoisotopic (exact) mass is 374 g/mol. The van der Waals surface area contributed by atoms with Gasteiger partial charge in [-0.25, -0.2) is 4.79 Å². The third-order valence-electron chi connectivity index (χ3n) is 4.75. The largest absolute Gasteiger partial charge is 0.493 e. The molecule has 28 heavy (non-hydrogen) atoms. The van der Waals surface area contributed by atoms with Gasteiger partial charge in [0.25, 0.3) is 0 Å². The van der Waals surface area contributed by atoms with Crippen molar-refractivity contribution in [3.05, 3.63) is 90.0 Å². The minimum Gasteiger partial charge on any atom is -0.493 e. The van der Waals surface area contributed by atoms with Crippen molar-refractivity contribution in [1.29, 1.82) is 0 Å². The van der Waals surface area contributed by atoms with Crippen LogP contribution in [0.4, 0.5) is 0 Å². The maximum absolute atomic E-state index is 12.2. The van der Waals surface area contributed by atoms with Crippen LogP contribution in [-0.2, 0) is 11.3 Å². The molecule has 0 saturated heterocycles. The van der Waals surface area contributed by atoms with Crippen molar-refractivity contribution in [2.45, 2.75) is 26.9 Å². The summed E-state index contributed by atoms with van der Waals surface area (Å²) in [6.45, 7) is 5.36. The standard InChI is InChI=1S/C25H26O3/c1-3-19(2)17-27-24-15-13-22(14-16-24)21-9-11-23(12-10-21)25(26)28-18-20-7-5-4-6-8-20/h4-16,19H,3,17-18H2,1-2H3/t19-/m0/s1. The van der Waals surface area contributed by atoms with Gasteiger partial charge < -0.3 is 9.47 Å². The summed E-state index contributed by atoms with van der Waals surface area (Å²) in [6.07, 6.45) is 1.11. The minimum absolute atomic E-state index is 0.277. The number of carbonyl (C=O) groups excluding carboxylic acids is 1. The zero-order valence-electron chi connectivity index (χ0n) is 16.4. The van der Waals surface area contributed by atoms with Crippen molar-refractivity contribution in [1.82, 2.24) is 0 Å². The first-order valence-corrected chi connectivity index (χ1v) is 9.70. The third kappa shape index (κ3) is 5.46. The predicted molar refractivity (Wildman–Crippen MR) is 112 cm³/mol. The van der Waals surface area contributed by atoms with Crippen LogP contribution in [0.5, 0.6) is 5.75 Å². The van der Waals surface area contributed by atoms with Crippen molar-refractivity contribution in [2.75, 3.05) is 6.61 Å². The van der Waals surface area contributed by atoms with Crippen molar-refractivity contribution < 1.29 is 14.3 Å². The van der Waals surface area contributed by atoms with E-state index in [9.17, 15) is 4.79 Å². The fraction of sp³-hybridized carbons (Fsp3) is 0.240. The molecule has 3 rings (SSSR count). The normalized spacial score (nSPS) is 11.6. The maximum Gasteiger partial charge on any atom is 0.338 e. The van der Waals surface area contributed by atoms with E-state index >= 15 is 0 Å². The van der Waals surface area contributed by atoms with Gasteiger partial charge >= 0.3 is 5.97 Å². The lowest BCUT2D eigenvalue weighted by molar-refractivity contribution is 0.0472. The van der Waals surface area contributed by atoms with Crippen molar-refractivity contribution in [2.24, 2.45) is 5.92 Å². The van der Waals surface area contributed by atoms with Crippen molar-refractivity contribution >= 4 is 5.97 Å². The summed E-state index contributed by atoms with van der Waals surface area (Å²) in [5.41, 5.74) is 3.66. The Hall–Kier alpha value is -3.07. The van der Waals surface area contributed by atoms with Crippen LogP contribution in [0.3, 0.4) is 0 Å². The number of hydrogen-bond donors (Lipinski definition) is 0. The number of benzene rings is 3. The highest BCUT2D eigenvalue weighted by Crippen LogP contribution is 2.23. The van der Waals surface area contributed by atoms with Gasteiger partial charge in [0.1, 0.15) is 12.4 Å². The molecule has 144 valence electrons. The second-order valence-electron chi connectivity index (χ2n) is 6.99. The molecule has 0 bridgehead atoms. The predicted octanol–water partition coefficient (Wildman–Crippen LogP) is 6.14. The van der Waals surface area contributed by atoms with Gasteiger partial charge in [-0.2, -0.15) is 0 Å². The fourth-order valence-corrected chi connectivity index (χ4v) is 2.71. The Labute approximate surface area is 166 Å². The van der Waals surface area contributed by atoms with Crippen LogP contribution < -0.4 is 4.74 Å². The quantitative estimate of drug-likeness (QED) is 0.445. The lowest BCUT2D eigenvalue weighted by Gasteiger charge is -2.11. The maximum atomic E-state index is 12.2. The van der Waals surface area contributed by atoms with E-state index in [0.717, 1.165) is 35.5 Å². The van der Waals surface area contributed by atoms with Crippen LogP contribution in [0.25, 0.3) is 11.1 Å². The fourth-order valence-electron chi connectivity index (χ4n) is 2.71. The van der Waals surface area contributed by atoms with Gasteiger partial charge in [-0.05, 0) is 46.9 Å². The highest BCUT2D eigenvalue weighted by atomic mass is 16.5. The molecule has 3 nitrogen and oxygen atoms in total. The van der Waals surface area contributed by atoms with Crippen LogP contribution in [0.15, 0.2) is 78.9 Å². The Balaban J connectivity index is 1.58. The second-order valence-corrected chi connectivity index (χ2v) is 6.99. The van der Waals surface area contributed by atoms with Crippen molar-refractivity contribution in [3.8, 4) is 16.9 Å². The van der Waals surface area contributed by atoms with Crippen LogP contribution in [0.1, 0.15) is 36.2 Å². The zero-order valence-corrected chi connectivity index (χ0v) is 16.4. The Morgan fingerprint density at radius 1 is 0.857 bits per heavy atom. The van der Waals surface area contributed by atoms with Crippen LogP contribution in [0, 0.1) is 5.92 Å². The molecule has 0 amide bonds. The van der Waals surface area contributed by atoms with Gasteiger partial charge in [0.15, 0.2) is 0 Å². The first kappa shape index (κ1) is 19.7. The minimum atomic E-state index is -0.316. The molecule has 3 heteroatoms. The molecule has 0 aliphatic rings. The van der Waals surface area contributed by atoms with E-state index in [1.165, 1.54) is 0 Å². The van der Waals surface area contributed by atoms with Gasteiger partial charge in [-0.15, -0.1) is 0 Å². The number of hydrogen-bond acceptors (Lipinski definition) is 3. The molecule has 0 saturated carbocycles. The van der Waals surface area contributed by atoms with E-state index < -0.39 is 0 Å². The molecule has 1 atom stereocenters. The Morgan fingerprint density at radius 2 is 1.46 bits per heavy atom. The lowest BCUT2D eigenvalue weighted by Crippen LogP contribution is -2.07. The number of rotatable bonds is 8. The molecule has 0 fully saturated rings. The van der Waals surface area contributed by atoms with Gasteiger partial charge in [-0.3, -0.25) is 0 Å². The van der Waals surface area contributed by atoms with E-state index in [1.54, 1.807) is 12.1 Å². The van der Waals surface area contributed by atoms with E-state index in [-0.39, 0.29) is 12.6 Å². The Bertz CT molecular complexity index is 868. The molecule has 0 aliphatic carbocycles. The highest BCUT2D eigenvalue weighted by molar-refractivity contribution is 5.90. The van der Waals surface area contributed by atoms with Gasteiger partial charge in [0.2, 0.25) is 0 Å². The first-order valence-electron chi connectivity index (χ1n) is 9.70. The molecule has 0 spiro atoms. The molecular weight excluding hydrogens is 348 g/mol. The third-order valence-corrected chi connectivity index (χ3v) is 4.75. The molecule has 3 aromatic carbocycles. The number of esters is 1. The van der Waals surface area contributed by atoms with Gasteiger partial charge in [0, 0.05) is 0 Å². The number of carbonyl (C=O) groups is 1. The SMILES string of the molecule is CC[C@H](C)COc1ccc(-c2ccc(C(=O)OCc3ccccc3)cc2)cc1. The molecule has 0 unspecified atom stereocenters. The first-order chi connectivity index (χ1) is 13.7. The summed E-state index contributed by atoms with van der Waals surface area (Å²) >= 11 is 0. The summed E-state index contributed by atoms with van der Waals surface area (Å²) in [7, 11) is 0. The molecule has 0 N–H and O–H groups in total. The zero-order chi connectivity index (χ0) is 19.8. The average Bonchev–Trinajstić information content (AvgIpc) is 2.77. The Morgan fingerprint density at radius 3 is 2.07 bits per heavy atom. The number of ether oxygens (including phenoxy) is 2. The molecule has 0 aromatic heterocycles. The molecule has 0 heterocycles. The molecular formula is C25H26O3. The van der Waals surface area contributed by atoms with E-state index in [4.69, 9.17) is 9.47 Å². The summed E-state index contributed by atoms with van der Waals surface area (Å²) < 4.78 is 11.2. The summed E-state index contributed by atoms with van der Waals surface area (Å²) in [5.74, 6) is 1.11. The summed E-state index contributed by atoms with van der Waals surface area (Å²) in [4.78, 5) is 12.2.